The summed E-state index contributed by atoms with van der Waals surface area (Å²) >= 11 is 5.96. The number of nitrogens with zero attached hydrogens (tertiary/aromatic N) is 3. The van der Waals surface area contributed by atoms with Gasteiger partial charge >= 0.3 is 0 Å². The van der Waals surface area contributed by atoms with Gasteiger partial charge in [0.15, 0.2) is 0 Å². The molecule has 0 spiro atoms. The first kappa shape index (κ1) is 13.4. The van der Waals surface area contributed by atoms with Gasteiger partial charge < -0.3 is 10.6 Å². The number of aromatic nitrogens is 3. The third-order valence-electron chi connectivity index (χ3n) is 2.54. The van der Waals surface area contributed by atoms with Crippen LogP contribution in [-0.4, -0.2) is 34.3 Å². The van der Waals surface area contributed by atoms with Crippen molar-refractivity contribution < 1.29 is 4.79 Å². The molecule has 2 heterocycles. The van der Waals surface area contributed by atoms with Crippen molar-refractivity contribution >= 4 is 23.3 Å². The highest BCUT2D eigenvalue weighted by atomic mass is 35.5. The first-order chi connectivity index (χ1) is 9.20. The number of rotatable bonds is 5. The summed E-state index contributed by atoms with van der Waals surface area (Å²) in [4.78, 5) is 16.0. The standard InChI is InChI=1S/C12H14ClN5O/c1-14-11-7-9(10(13)8-16-11)12(19)15-4-6-18-5-2-3-17-18/h2-3,5,7-8H,4,6H2,1H3,(H,14,16)(H,15,19). The van der Waals surface area contributed by atoms with E-state index in [9.17, 15) is 4.79 Å². The van der Waals surface area contributed by atoms with Crippen molar-refractivity contribution in [3.05, 3.63) is 41.3 Å². The van der Waals surface area contributed by atoms with Crippen LogP contribution in [0.15, 0.2) is 30.7 Å². The van der Waals surface area contributed by atoms with Crippen LogP contribution in [0.2, 0.25) is 5.02 Å². The van der Waals surface area contributed by atoms with Crippen LogP contribution in [-0.2, 0) is 6.54 Å². The van der Waals surface area contributed by atoms with E-state index in [1.807, 2.05) is 12.3 Å². The maximum absolute atomic E-state index is 12.0. The largest absolute Gasteiger partial charge is 0.373 e. The number of nitrogens with one attached hydrogen (secondary N) is 2. The molecule has 0 radical (unpaired) electrons. The Bertz CT molecular complexity index is 555. The maximum atomic E-state index is 12.0. The second-order valence-corrected chi connectivity index (χ2v) is 4.23. The Balaban J connectivity index is 1.95. The zero-order chi connectivity index (χ0) is 13.7. The van der Waals surface area contributed by atoms with E-state index in [1.54, 1.807) is 24.0 Å². The Hall–Kier alpha value is -2.08. The molecule has 0 fully saturated rings. The number of halogens is 1. The normalized spacial score (nSPS) is 10.2. The van der Waals surface area contributed by atoms with E-state index < -0.39 is 0 Å². The Morgan fingerprint density at radius 3 is 3.05 bits per heavy atom. The van der Waals surface area contributed by atoms with Crippen molar-refractivity contribution in [2.45, 2.75) is 6.54 Å². The number of amides is 1. The number of anilines is 1. The van der Waals surface area contributed by atoms with E-state index in [0.717, 1.165) is 0 Å². The van der Waals surface area contributed by atoms with E-state index in [1.165, 1.54) is 6.20 Å². The summed E-state index contributed by atoms with van der Waals surface area (Å²) in [5, 5.41) is 10.0. The summed E-state index contributed by atoms with van der Waals surface area (Å²) in [6.07, 6.45) is 4.99. The molecular formula is C12H14ClN5O. The lowest BCUT2D eigenvalue weighted by molar-refractivity contribution is 0.0952. The van der Waals surface area contributed by atoms with E-state index in [4.69, 9.17) is 11.6 Å². The molecule has 0 aliphatic heterocycles. The molecule has 100 valence electrons. The summed E-state index contributed by atoms with van der Waals surface area (Å²) in [7, 11) is 1.73. The van der Waals surface area contributed by atoms with Crippen LogP contribution < -0.4 is 10.6 Å². The minimum absolute atomic E-state index is 0.226. The molecule has 0 aliphatic carbocycles. The summed E-state index contributed by atoms with van der Waals surface area (Å²) in [5.74, 6) is 0.373. The molecule has 6 nitrogen and oxygen atoms in total. The highest BCUT2D eigenvalue weighted by Gasteiger charge is 2.11. The predicted octanol–water partition coefficient (Wildman–Crippen LogP) is 1.40. The van der Waals surface area contributed by atoms with Gasteiger partial charge in [0, 0.05) is 32.2 Å². The van der Waals surface area contributed by atoms with Crippen molar-refractivity contribution in [1.82, 2.24) is 20.1 Å². The number of carbonyl (C=O) groups excluding carboxylic acids is 1. The monoisotopic (exact) mass is 279 g/mol. The van der Waals surface area contributed by atoms with E-state index in [0.29, 0.717) is 29.5 Å². The number of carbonyl (C=O) groups is 1. The fraction of sp³-hybridized carbons (Fsp3) is 0.250. The van der Waals surface area contributed by atoms with Crippen molar-refractivity contribution in [2.75, 3.05) is 18.9 Å². The van der Waals surface area contributed by atoms with Gasteiger partial charge in [0.05, 0.1) is 17.1 Å². The van der Waals surface area contributed by atoms with E-state index in [2.05, 4.69) is 20.7 Å². The van der Waals surface area contributed by atoms with Gasteiger partial charge in [0.2, 0.25) is 0 Å². The first-order valence-electron chi connectivity index (χ1n) is 5.79. The Morgan fingerprint density at radius 2 is 2.37 bits per heavy atom. The van der Waals surface area contributed by atoms with Crippen molar-refractivity contribution in [1.29, 1.82) is 0 Å². The fourth-order valence-corrected chi connectivity index (χ4v) is 1.75. The fourth-order valence-electron chi connectivity index (χ4n) is 1.56. The second-order valence-electron chi connectivity index (χ2n) is 3.82. The lowest BCUT2D eigenvalue weighted by Gasteiger charge is -2.08. The quantitative estimate of drug-likeness (QED) is 0.868. The predicted molar refractivity (Wildman–Crippen MR) is 73.4 cm³/mol. The van der Waals surface area contributed by atoms with Gasteiger partial charge in [-0.1, -0.05) is 11.6 Å². The van der Waals surface area contributed by atoms with Crippen molar-refractivity contribution in [2.24, 2.45) is 0 Å². The Morgan fingerprint density at radius 1 is 1.53 bits per heavy atom. The number of pyridine rings is 1. The molecule has 0 aromatic carbocycles. The smallest absolute Gasteiger partial charge is 0.253 e. The van der Waals surface area contributed by atoms with Crippen LogP contribution in [0, 0.1) is 0 Å². The Labute approximate surface area is 115 Å². The molecule has 0 unspecified atom stereocenters. The molecule has 19 heavy (non-hydrogen) atoms. The van der Waals surface area contributed by atoms with Gasteiger partial charge in [0.1, 0.15) is 5.82 Å². The molecule has 2 aromatic heterocycles. The van der Waals surface area contributed by atoms with Gasteiger partial charge in [0.25, 0.3) is 5.91 Å². The van der Waals surface area contributed by atoms with Gasteiger partial charge in [-0.25, -0.2) is 4.98 Å². The van der Waals surface area contributed by atoms with Crippen LogP contribution in [0.5, 0.6) is 0 Å². The van der Waals surface area contributed by atoms with Gasteiger partial charge in [-0.3, -0.25) is 9.48 Å². The topological polar surface area (TPSA) is 71.8 Å². The molecule has 0 saturated carbocycles. The highest BCUT2D eigenvalue weighted by molar-refractivity contribution is 6.33. The minimum atomic E-state index is -0.226. The van der Waals surface area contributed by atoms with Gasteiger partial charge in [-0.05, 0) is 12.1 Å². The van der Waals surface area contributed by atoms with E-state index in [-0.39, 0.29) is 5.91 Å². The number of hydrogen-bond donors (Lipinski definition) is 2. The summed E-state index contributed by atoms with van der Waals surface area (Å²) < 4.78 is 1.74. The highest BCUT2D eigenvalue weighted by Crippen LogP contribution is 2.17. The lowest BCUT2D eigenvalue weighted by atomic mass is 10.2. The molecule has 1 amide bonds. The molecule has 2 aromatic rings. The van der Waals surface area contributed by atoms with Gasteiger partial charge in [-0.15, -0.1) is 0 Å². The second kappa shape index (κ2) is 6.19. The third-order valence-corrected chi connectivity index (χ3v) is 2.84. The van der Waals surface area contributed by atoms with Crippen LogP contribution >= 0.6 is 11.6 Å². The summed E-state index contributed by atoms with van der Waals surface area (Å²) in [6, 6.07) is 3.45. The molecule has 7 heteroatoms. The first-order valence-corrected chi connectivity index (χ1v) is 6.17. The summed E-state index contributed by atoms with van der Waals surface area (Å²) in [6.45, 7) is 1.09. The maximum Gasteiger partial charge on any atom is 0.253 e. The summed E-state index contributed by atoms with van der Waals surface area (Å²) in [5.41, 5.74) is 0.404. The molecule has 2 rings (SSSR count). The van der Waals surface area contributed by atoms with Crippen LogP contribution in [0.4, 0.5) is 5.82 Å². The van der Waals surface area contributed by atoms with Crippen LogP contribution in [0.25, 0.3) is 0 Å². The average Bonchev–Trinajstić information content (AvgIpc) is 2.92. The molecular weight excluding hydrogens is 266 g/mol. The molecule has 0 saturated heterocycles. The average molecular weight is 280 g/mol. The van der Waals surface area contributed by atoms with Gasteiger partial charge in [-0.2, -0.15) is 5.10 Å². The SMILES string of the molecule is CNc1cc(C(=O)NCCn2cccn2)c(Cl)cn1. The van der Waals surface area contributed by atoms with Crippen molar-refractivity contribution in [3.8, 4) is 0 Å². The van der Waals surface area contributed by atoms with E-state index >= 15 is 0 Å². The van der Waals surface area contributed by atoms with Crippen LogP contribution in [0.3, 0.4) is 0 Å². The molecule has 2 N–H and O–H groups in total. The van der Waals surface area contributed by atoms with Crippen LogP contribution in [0.1, 0.15) is 10.4 Å². The molecule has 0 bridgehead atoms. The Kier molecular flexibility index (Phi) is 4.35. The molecule has 0 atom stereocenters. The number of hydrogen-bond acceptors (Lipinski definition) is 4. The van der Waals surface area contributed by atoms with Crippen molar-refractivity contribution in [3.63, 3.8) is 0 Å². The minimum Gasteiger partial charge on any atom is -0.373 e. The zero-order valence-corrected chi connectivity index (χ0v) is 11.2. The lowest BCUT2D eigenvalue weighted by Crippen LogP contribution is -2.27. The third kappa shape index (κ3) is 3.45. The molecule has 0 aliphatic rings. The zero-order valence-electron chi connectivity index (χ0n) is 10.4.